The summed E-state index contributed by atoms with van der Waals surface area (Å²) in [5.74, 6) is 0. The van der Waals surface area contributed by atoms with E-state index in [1.54, 1.807) is 0 Å². The number of hydrogen-bond acceptors (Lipinski definition) is 3. The Bertz CT molecular complexity index is 363. The second-order valence-corrected chi connectivity index (χ2v) is 5.83. The van der Waals surface area contributed by atoms with Gasteiger partial charge in [-0.15, -0.1) is 0 Å². The first-order chi connectivity index (χ1) is 8.30. The van der Waals surface area contributed by atoms with Gasteiger partial charge in [0.15, 0.2) is 0 Å². The van der Waals surface area contributed by atoms with Crippen molar-refractivity contribution < 1.29 is 5.11 Å². The molecule has 0 aliphatic rings. The van der Waals surface area contributed by atoms with Crippen molar-refractivity contribution >= 4 is 11.6 Å². The van der Waals surface area contributed by atoms with Crippen molar-refractivity contribution in [3.63, 3.8) is 0 Å². The van der Waals surface area contributed by atoms with Crippen LogP contribution in [0, 0.1) is 0 Å². The maximum atomic E-state index is 10.2. The van der Waals surface area contributed by atoms with Crippen molar-refractivity contribution in [1.82, 2.24) is 10.2 Å². The fourth-order valence-electron chi connectivity index (χ4n) is 1.98. The molecule has 4 heteroatoms. The molecule has 102 valence electrons. The van der Waals surface area contributed by atoms with Crippen molar-refractivity contribution in [2.24, 2.45) is 0 Å². The van der Waals surface area contributed by atoms with Crippen molar-refractivity contribution in [2.45, 2.75) is 25.5 Å². The molecule has 1 aromatic carbocycles. The Hall–Kier alpha value is -0.610. The minimum Gasteiger partial charge on any atom is -0.388 e. The Morgan fingerprint density at radius 3 is 2.39 bits per heavy atom. The van der Waals surface area contributed by atoms with Crippen molar-refractivity contribution in [2.75, 3.05) is 27.2 Å². The molecule has 0 aliphatic heterocycles. The van der Waals surface area contributed by atoms with E-state index in [1.165, 1.54) is 5.56 Å². The van der Waals surface area contributed by atoms with Crippen molar-refractivity contribution in [1.29, 1.82) is 0 Å². The second kappa shape index (κ2) is 6.53. The fraction of sp³-hybridized carbons (Fsp3) is 0.571. The molecule has 18 heavy (non-hydrogen) atoms. The third-order valence-electron chi connectivity index (χ3n) is 2.82. The van der Waals surface area contributed by atoms with Gasteiger partial charge >= 0.3 is 0 Å². The molecule has 0 saturated carbocycles. The molecule has 1 aromatic rings. The van der Waals surface area contributed by atoms with Crippen LogP contribution in [0.2, 0.25) is 5.02 Å². The van der Waals surface area contributed by atoms with E-state index in [4.69, 9.17) is 11.6 Å². The van der Waals surface area contributed by atoms with E-state index >= 15 is 0 Å². The molecule has 0 bridgehead atoms. The van der Waals surface area contributed by atoms with Crippen LogP contribution in [-0.2, 0) is 0 Å². The van der Waals surface area contributed by atoms with E-state index < -0.39 is 5.60 Å². The summed E-state index contributed by atoms with van der Waals surface area (Å²) in [5.41, 5.74) is 0.435. The van der Waals surface area contributed by atoms with E-state index in [1.807, 2.05) is 50.2 Å². The van der Waals surface area contributed by atoms with Gasteiger partial charge in [-0.1, -0.05) is 23.7 Å². The largest absolute Gasteiger partial charge is 0.388 e. The molecule has 0 aromatic heterocycles. The molecular formula is C14H23ClN2O. The Labute approximate surface area is 115 Å². The topological polar surface area (TPSA) is 35.5 Å². The van der Waals surface area contributed by atoms with Crippen LogP contribution in [0.15, 0.2) is 24.3 Å². The lowest BCUT2D eigenvalue weighted by atomic mass is 10.0. The average molecular weight is 271 g/mol. The van der Waals surface area contributed by atoms with Gasteiger partial charge in [-0.25, -0.2) is 0 Å². The third-order valence-corrected chi connectivity index (χ3v) is 3.07. The Kier molecular flexibility index (Phi) is 5.60. The van der Waals surface area contributed by atoms with E-state index in [2.05, 4.69) is 12.2 Å². The van der Waals surface area contributed by atoms with Gasteiger partial charge in [0.05, 0.1) is 5.60 Å². The lowest BCUT2D eigenvalue weighted by Crippen LogP contribution is -2.46. The lowest BCUT2D eigenvalue weighted by Gasteiger charge is -2.29. The van der Waals surface area contributed by atoms with Crippen LogP contribution in [0.5, 0.6) is 0 Å². The number of halogens is 1. The van der Waals surface area contributed by atoms with Gasteiger partial charge in [-0.3, -0.25) is 0 Å². The van der Waals surface area contributed by atoms with Gasteiger partial charge in [0, 0.05) is 24.2 Å². The summed E-state index contributed by atoms with van der Waals surface area (Å²) in [6.07, 6.45) is 0. The summed E-state index contributed by atoms with van der Waals surface area (Å²) in [5, 5.41) is 14.3. The summed E-state index contributed by atoms with van der Waals surface area (Å²) in [4.78, 5) is 1.98. The molecule has 0 heterocycles. The zero-order valence-corrected chi connectivity index (χ0v) is 12.3. The van der Waals surface area contributed by atoms with Crippen molar-refractivity contribution in [3.8, 4) is 0 Å². The first-order valence-electron chi connectivity index (χ1n) is 6.16. The Balaban J connectivity index is 2.50. The molecule has 1 rings (SSSR count). The van der Waals surface area contributed by atoms with E-state index in [0.29, 0.717) is 13.1 Å². The normalized spacial score (nSPS) is 16.6. The Morgan fingerprint density at radius 1 is 1.33 bits per heavy atom. The molecule has 0 spiro atoms. The number of hydrogen-bond donors (Lipinski definition) is 2. The van der Waals surface area contributed by atoms with E-state index in [-0.39, 0.29) is 6.04 Å². The van der Waals surface area contributed by atoms with Gasteiger partial charge < -0.3 is 15.3 Å². The number of rotatable bonds is 6. The highest BCUT2D eigenvalue weighted by Crippen LogP contribution is 2.16. The van der Waals surface area contributed by atoms with Crippen LogP contribution in [-0.4, -0.2) is 42.8 Å². The molecule has 0 fully saturated rings. The number of nitrogens with zero attached hydrogens (tertiary/aromatic N) is 1. The number of benzene rings is 1. The minimum atomic E-state index is -0.732. The quantitative estimate of drug-likeness (QED) is 0.833. The minimum absolute atomic E-state index is 0.191. The first-order valence-corrected chi connectivity index (χ1v) is 6.54. The smallest absolute Gasteiger partial charge is 0.0869 e. The predicted molar refractivity (Wildman–Crippen MR) is 77.0 cm³/mol. The maximum Gasteiger partial charge on any atom is 0.0869 e. The number of aliphatic hydroxyl groups is 1. The first kappa shape index (κ1) is 15.4. The third kappa shape index (κ3) is 5.36. The zero-order valence-electron chi connectivity index (χ0n) is 11.6. The SMILES string of the molecule is CC(NCC(C)(O)CN(C)C)c1ccc(Cl)cc1. The molecule has 0 aliphatic carbocycles. The van der Waals surface area contributed by atoms with Gasteiger partial charge in [0.2, 0.25) is 0 Å². The summed E-state index contributed by atoms with van der Waals surface area (Å²) >= 11 is 5.86. The average Bonchev–Trinajstić information content (AvgIpc) is 2.25. The Morgan fingerprint density at radius 2 is 1.89 bits per heavy atom. The summed E-state index contributed by atoms with van der Waals surface area (Å²) in [7, 11) is 3.91. The monoisotopic (exact) mass is 270 g/mol. The number of nitrogens with one attached hydrogen (secondary N) is 1. The highest BCUT2D eigenvalue weighted by Gasteiger charge is 2.21. The molecule has 0 amide bonds. The molecule has 2 unspecified atom stereocenters. The summed E-state index contributed by atoms with van der Waals surface area (Å²) in [6.45, 7) is 5.10. The zero-order chi connectivity index (χ0) is 13.8. The molecule has 2 N–H and O–H groups in total. The summed E-state index contributed by atoms with van der Waals surface area (Å²) < 4.78 is 0. The van der Waals surface area contributed by atoms with Crippen LogP contribution in [0.25, 0.3) is 0 Å². The van der Waals surface area contributed by atoms with Crippen LogP contribution in [0.3, 0.4) is 0 Å². The molecular weight excluding hydrogens is 248 g/mol. The van der Waals surface area contributed by atoms with Crippen LogP contribution in [0.1, 0.15) is 25.5 Å². The van der Waals surface area contributed by atoms with Gasteiger partial charge in [-0.2, -0.15) is 0 Å². The molecule has 3 nitrogen and oxygen atoms in total. The summed E-state index contributed by atoms with van der Waals surface area (Å²) in [6, 6.07) is 7.96. The van der Waals surface area contributed by atoms with Gasteiger partial charge in [-0.05, 0) is 45.6 Å². The van der Waals surface area contributed by atoms with E-state index in [9.17, 15) is 5.11 Å². The van der Waals surface area contributed by atoms with Gasteiger partial charge in [0.1, 0.15) is 0 Å². The van der Waals surface area contributed by atoms with Crippen LogP contribution >= 0.6 is 11.6 Å². The van der Waals surface area contributed by atoms with E-state index in [0.717, 1.165) is 5.02 Å². The second-order valence-electron chi connectivity index (χ2n) is 5.39. The van der Waals surface area contributed by atoms with Crippen LogP contribution < -0.4 is 5.32 Å². The highest BCUT2D eigenvalue weighted by molar-refractivity contribution is 6.30. The standard InChI is InChI=1S/C14H23ClN2O/c1-11(12-5-7-13(15)8-6-12)16-9-14(2,18)10-17(3)4/h5-8,11,16,18H,9-10H2,1-4H3. The predicted octanol–water partition coefficient (Wildman–Crippen LogP) is 2.30. The fourth-order valence-corrected chi connectivity index (χ4v) is 2.11. The highest BCUT2D eigenvalue weighted by atomic mass is 35.5. The number of likely N-dealkylation sites (N-methyl/N-ethyl adjacent to an activating group) is 1. The van der Waals surface area contributed by atoms with Crippen LogP contribution in [0.4, 0.5) is 0 Å². The molecule has 0 saturated heterocycles. The van der Waals surface area contributed by atoms with Gasteiger partial charge in [0.25, 0.3) is 0 Å². The lowest BCUT2D eigenvalue weighted by molar-refractivity contribution is 0.0317. The maximum absolute atomic E-state index is 10.2. The van der Waals surface area contributed by atoms with Crippen molar-refractivity contribution in [3.05, 3.63) is 34.9 Å². The molecule has 2 atom stereocenters. The molecule has 0 radical (unpaired) electrons.